The third-order valence-electron chi connectivity index (χ3n) is 1.33. The zero-order valence-corrected chi connectivity index (χ0v) is 9.89. The lowest BCUT2D eigenvalue weighted by Crippen LogP contribution is -2.29. The SMILES string of the molecule is COC(=O)/C=C/C(=O)OCNC(=O)OC(C)C. The lowest BCUT2D eigenvalue weighted by Gasteiger charge is -2.08. The van der Waals surface area contributed by atoms with Crippen molar-refractivity contribution in [2.45, 2.75) is 20.0 Å². The van der Waals surface area contributed by atoms with Crippen molar-refractivity contribution in [2.24, 2.45) is 0 Å². The van der Waals surface area contributed by atoms with Crippen molar-refractivity contribution in [1.29, 1.82) is 0 Å². The molecule has 7 nitrogen and oxygen atoms in total. The Morgan fingerprint density at radius 2 is 1.76 bits per heavy atom. The lowest BCUT2D eigenvalue weighted by atomic mass is 10.5. The van der Waals surface area contributed by atoms with E-state index in [1.54, 1.807) is 13.8 Å². The summed E-state index contributed by atoms with van der Waals surface area (Å²) in [6.45, 7) is 3.03. The van der Waals surface area contributed by atoms with Gasteiger partial charge in [0.25, 0.3) is 0 Å². The van der Waals surface area contributed by atoms with E-state index in [1.165, 1.54) is 7.11 Å². The largest absolute Gasteiger partial charge is 0.466 e. The highest BCUT2D eigenvalue weighted by Crippen LogP contribution is 1.88. The van der Waals surface area contributed by atoms with Gasteiger partial charge in [0, 0.05) is 12.2 Å². The van der Waals surface area contributed by atoms with E-state index in [0.717, 1.165) is 12.2 Å². The molecule has 0 radical (unpaired) electrons. The minimum atomic E-state index is -0.778. The molecule has 7 heteroatoms. The minimum absolute atomic E-state index is 0.259. The van der Waals surface area contributed by atoms with Crippen LogP contribution in [0.3, 0.4) is 0 Å². The van der Waals surface area contributed by atoms with E-state index < -0.39 is 18.0 Å². The van der Waals surface area contributed by atoms with Gasteiger partial charge in [-0.15, -0.1) is 0 Å². The first-order valence-electron chi connectivity index (χ1n) is 4.83. The normalized spacial score (nSPS) is 10.1. The van der Waals surface area contributed by atoms with Gasteiger partial charge in [0.1, 0.15) is 0 Å². The number of carbonyl (C=O) groups is 3. The van der Waals surface area contributed by atoms with E-state index in [4.69, 9.17) is 4.74 Å². The molecule has 0 fully saturated rings. The summed E-state index contributed by atoms with van der Waals surface area (Å²) < 4.78 is 13.5. The van der Waals surface area contributed by atoms with Gasteiger partial charge in [0.15, 0.2) is 6.73 Å². The number of ether oxygens (including phenoxy) is 3. The predicted octanol–water partition coefficient (Wildman–Crippen LogP) is 0.351. The quantitative estimate of drug-likeness (QED) is 0.325. The van der Waals surface area contributed by atoms with Crippen LogP contribution >= 0.6 is 0 Å². The molecule has 1 N–H and O–H groups in total. The van der Waals surface area contributed by atoms with Crippen molar-refractivity contribution >= 4 is 18.0 Å². The van der Waals surface area contributed by atoms with E-state index in [9.17, 15) is 14.4 Å². The van der Waals surface area contributed by atoms with Crippen molar-refractivity contribution in [3.05, 3.63) is 12.2 Å². The second-order valence-electron chi connectivity index (χ2n) is 3.10. The van der Waals surface area contributed by atoms with Gasteiger partial charge in [0.2, 0.25) is 0 Å². The van der Waals surface area contributed by atoms with Gasteiger partial charge in [-0.25, -0.2) is 14.4 Å². The van der Waals surface area contributed by atoms with E-state index in [2.05, 4.69) is 14.8 Å². The minimum Gasteiger partial charge on any atom is -0.466 e. The number of amides is 1. The van der Waals surface area contributed by atoms with Crippen LogP contribution in [0, 0.1) is 0 Å². The molecule has 17 heavy (non-hydrogen) atoms. The third-order valence-corrected chi connectivity index (χ3v) is 1.33. The smallest absolute Gasteiger partial charge is 0.410 e. The molecular weight excluding hydrogens is 230 g/mol. The zero-order valence-electron chi connectivity index (χ0n) is 9.89. The molecule has 0 saturated heterocycles. The van der Waals surface area contributed by atoms with E-state index >= 15 is 0 Å². The molecule has 0 aromatic heterocycles. The molecule has 1 amide bonds. The molecule has 0 bridgehead atoms. The van der Waals surface area contributed by atoms with Crippen LogP contribution in [0.25, 0.3) is 0 Å². The summed E-state index contributed by atoms with van der Waals surface area (Å²) in [5.41, 5.74) is 0. The molecule has 0 aliphatic heterocycles. The fraction of sp³-hybridized carbons (Fsp3) is 0.500. The summed E-state index contributed by atoms with van der Waals surface area (Å²) in [6.07, 6.45) is 0.852. The van der Waals surface area contributed by atoms with Crippen LogP contribution in [0.4, 0.5) is 4.79 Å². The molecule has 96 valence electrons. The number of alkyl carbamates (subject to hydrolysis) is 1. The van der Waals surface area contributed by atoms with E-state index in [0.29, 0.717) is 0 Å². The maximum atomic E-state index is 11.0. The average Bonchev–Trinajstić information content (AvgIpc) is 2.24. The highest BCUT2D eigenvalue weighted by atomic mass is 16.6. The summed E-state index contributed by atoms with van der Waals surface area (Å²) in [5.74, 6) is -1.45. The highest BCUT2D eigenvalue weighted by molar-refractivity contribution is 5.91. The lowest BCUT2D eigenvalue weighted by molar-refractivity contribution is -0.139. The Hall–Kier alpha value is -2.05. The van der Waals surface area contributed by atoms with Crippen LogP contribution in [-0.2, 0) is 23.8 Å². The molecule has 0 heterocycles. The van der Waals surface area contributed by atoms with Gasteiger partial charge in [-0.2, -0.15) is 0 Å². The van der Waals surface area contributed by atoms with Gasteiger partial charge >= 0.3 is 18.0 Å². The number of hydrogen-bond donors (Lipinski definition) is 1. The summed E-state index contributed by atoms with van der Waals surface area (Å²) in [6, 6.07) is 0. The van der Waals surface area contributed by atoms with Crippen molar-refractivity contribution < 1.29 is 28.6 Å². The van der Waals surface area contributed by atoms with Crippen LogP contribution < -0.4 is 5.32 Å². The number of rotatable bonds is 5. The molecule has 0 saturated carbocycles. The fourth-order valence-electron chi connectivity index (χ4n) is 0.674. The maximum absolute atomic E-state index is 11.0. The zero-order chi connectivity index (χ0) is 13.3. The maximum Gasteiger partial charge on any atom is 0.410 e. The van der Waals surface area contributed by atoms with Crippen LogP contribution in [0.1, 0.15) is 13.8 Å². The van der Waals surface area contributed by atoms with Crippen molar-refractivity contribution in [2.75, 3.05) is 13.8 Å². The van der Waals surface area contributed by atoms with Gasteiger partial charge < -0.3 is 14.2 Å². The summed E-state index contributed by atoms with van der Waals surface area (Å²) >= 11 is 0. The predicted molar refractivity (Wildman–Crippen MR) is 56.9 cm³/mol. The van der Waals surface area contributed by atoms with Crippen molar-refractivity contribution in [1.82, 2.24) is 5.32 Å². The number of carbonyl (C=O) groups excluding carboxylic acids is 3. The number of hydrogen-bond acceptors (Lipinski definition) is 6. The number of methoxy groups -OCH3 is 1. The Morgan fingerprint density at radius 1 is 1.18 bits per heavy atom. The molecule has 0 rings (SSSR count). The first-order valence-corrected chi connectivity index (χ1v) is 4.83. The van der Waals surface area contributed by atoms with Gasteiger partial charge in [-0.3, -0.25) is 5.32 Å². The standard InChI is InChI=1S/C10H15NO6/c1-7(2)17-10(14)11-6-16-9(13)5-4-8(12)15-3/h4-5,7H,6H2,1-3H3,(H,11,14)/b5-4+. The Labute approximate surface area is 98.7 Å². The van der Waals surface area contributed by atoms with Crippen LogP contribution in [0.5, 0.6) is 0 Å². The van der Waals surface area contributed by atoms with E-state index in [-0.39, 0.29) is 12.8 Å². The highest BCUT2D eigenvalue weighted by Gasteiger charge is 2.05. The Bertz CT molecular complexity index is 310. The molecule has 0 aliphatic rings. The molecule has 0 aromatic carbocycles. The average molecular weight is 245 g/mol. The Kier molecular flexibility index (Phi) is 7.16. The third kappa shape index (κ3) is 8.91. The summed E-state index contributed by atoms with van der Waals surface area (Å²) in [7, 11) is 1.18. The Morgan fingerprint density at radius 3 is 2.29 bits per heavy atom. The first-order chi connectivity index (χ1) is 7.95. The number of esters is 2. The van der Waals surface area contributed by atoms with Crippen LogP contribution in [0.2, 0.25) is 0 Å². The van der Waals surface area contributed by atoms with Crippen molar-refractivity contribution in [3.8, 4) is 0 Å². The molecule has 0 aromatic rings. The topological polar surface area (TPSA) is 90.9 Å². The Balaban J connectivity index is 3.75. The molecule has 0 spiro atoms. The second kappa shape index (κ2) is 8.14. The molecule has 0 atom stereocenters. The summed E-state index contributed by atoms with van der Waals surface area (Å²) in [5, 5.41) is 2.19. The summed E-state index contributed by atoms with van der Waals surface area (Å²) in [4.78, 5) is 32.5. The first kappa shape index (κ1) is 14.9. The monoisotopic (exact) mass is 245 g/mol. The van der Waals surface area contributed by atoms with Crippen LogP contribution in [0.15, 0.2) is 12.2 Å². The van der Waals surface area contributed by atoms with Gasteiger partial charge in [0.05, 0.1) is 13.2 Å². The fourth-order valence-corrected chi connectivity index (χ4v) is 0.674. The second-order valence-corrected chi connectivity index (χ2v) is 3.10. The van der Waals surface area contributed by atoms with Gasteiger partial charge in [-0.05, 0) is 13.8 Å². The van der Waals surface area contributed by atoms with Crippen molar-refractivity contribution in [3.63, 3.8) is 0 Å². The van der Waals surface area contributed by atoms with Gasteiger partial charge in [-0.1, -0.05) is 0 Å². The number of nitrogens with one attached hydrogen (secondary N) is 1. The molecular formula is C10H15NO6. The molecule has 0 unspecified atom stereocenters. The molecule has 0 aliphatic carbocycles. The van der Waals surface area contributed by atoms with E-state index in [1.807, 2.05) is 0 Å². The van der Waals surface area contributed by atoms with Crippen LogP contribution in [-0.4, -0.2) is 38.0 Å².